The first-order valence-corrected chi connectivity index (χ1v) is 6.64. The number of nitrogens with one attached hydrogen (secondary N) is 2. The van der Waals surface area contributed by atoms with Crippen LogP contribution in [0.15, 0.2) is 48.5 Å². The van der Waals surface area contributed by atoms with Gasteiger partial charge in [-0.25, -0.2) is 0 Å². The predicted octanol–water partition coefficient (Wildman–Crippen LogP) is 2.68. The Morgan fingerprint density at radius 3 is 2.81 bits per heavy atom. The number of carbonyl (C=O) groups excluding carboxylic acids is 2. The minimum absolute atomic E-state index is 0.461. The summed E-state index contributed by atoms with van der Waals surface area (Å²) < 4.78 is 5.45. The molecule has 2 amide bonds. The van der Waals surface area contributed by atoms with Crippen LogP contribution in [0.25, 0.3) is 0 Å². The first kappa shape index (κ1) is 13.5. The van der Waals surface area contributed by atoms with Crippen LogP contribution in [-0.2, 0) is 9.59 Å². The highest BCUT2D eigenvalue weighted by Gasteiger charge is 2.33. The number of carbonyl (C=O) groups is 2. The van der Waals surface area contributed by atoms with Gasteiger partial charge in [0.1, 0.15) is 5.75 Å². The van der Waals surface area contributed by atoms with Crippen molar-refractivity contribution < 1.29 is 14.3 Å². The van der Waals surface area contributed by atoms with Gasteiger partial charge in [-0.3, -0.25) is 9.59 Å². The molecule has 0 aromatic heterocycles. The van der Waals surface area contributed by atoms with Crippen LogP contribution in [-0.4, -0.2) is 17.9 Å². The lowest BCUT2D eigenvalue weighted by molar-refractivity contribution is -0.133. The van der Waals surface area contributed by atoms with E-state index in [1.165, 1.54) is 0 Å². The number of para-hydroxylation sites is 2. The monoisotopic (exact) mass is 302 g/mol. The number of halogens is 1. The summed E-state index contributed by atoms with van der Waals surface area (Å²) in [5, 5.41) is 5.73. The Morgan fingerprint density at radius 2 is 2.00 bits per heavy atom. The largest absolute Gasteiger partial charge is 0.468 e. The Morgan fingerprint density at radius 1 is 1.19 bits per heavy atom. The van der Waals surface area contributed by atoms with Gasteiger partial charge < -0.3 is 15.4 Å². The Hall–Kier alpha value is -2.53. The molecule has 1 heterocycles. The highest BCUT2D eigenvalue weighted by atomic mass is 35.5. The number of hydrogen-bond donors (Lipinski definition) is 2. The molecule has 0 radical (unpaired) electrons. The second-order valence-electron chi connectivity index (χ2n) is 4.48. The van der Waals surface area contributed by atoms with E-state index in [9.17, 15) is 9.59 Å². The number of fused-ring (bicyclic) bond motifs is 1. The molecule has 0 bridgehead atoms. The van der Waals surface area contributed by atoms with Gasteiger partial charge in [0.05, 0.1) is 5.69 Å². The lowest BCUT2D eigenvalue weighted by atomic mass is 10.2. The Balaban J connectivity index is 1.78. The maximum atomic E-state index is 12.2. The number of rotatable bonds is 2. The van der Waals surface area contributed by atoms with Gasteiger partial charge >= 0.3 is 0 Å². The fourth-order valence-electron chi connectivity index (χ4n) is 2.00. The van der Waals surface area contributed by atoms with Crippen molar-refractivity contribution in [2.45, 2.75) is 6.10 Å². The number of anilines is 2. The Labute approximate surface area is 125 Å². The summed E-state index contributed by atoms with van der Waals surface area (Å²) in [6.07, 6.45) is -1.24. The quantitative estimate of drug-likeness (QED) is 0.838. The van der Waals surface area contributed by atoms with Crippen molar-refractivity contribution >= 4 is 34.8 Å². The van der Waals surface area contributed by atoms with Crippen molar-refractivity contribution in [2.75, 3.05) is 10.6 Å². The van der Waals surface area contributed by atoms with Crippen LogP contribution in [0.1, 0.15) is 0 Å². The van der Waals surface area contributed by atoms with Gasteiger partial charge in [0.15, 0.2) is 0 Å². The van der Waals surface area contributed by atoms with Crippen molar-refractivity contribution in [3.05, 3.63) is 53.6 Å². The highest BCUT2D eigenvalue weighted by Crippen LogP contribution is 2.29. The van der Waals surface area contributed by atoms with Crippen LogP contribution in [0.3, 0.4) is 0 Å². The number of amides is 2. The zero-order valence-electron chi connectivity index (χ0n) is 10.8. The van der Waals surface area contributed by atoms with Crippen LogP contribution >= 0.6 is 11.6 Å². The molecule has 106 valence electrons. The van der Waals surface area contributed by atoms with E-state index < -0.39 is 17.9 Å². The molecule has 1 aliphatic rings. The SMILES string of the molecule is O=C(Nc1cccc(Cl)c1)[C@H]1Oc2ccccc2NC1=O. The average molecular weight is 303 g/mol. The number of ether oxygens (including phenoxy) is 1. The standard InChI is InChI=1S/C15H11ClN2O3/c16-9-4-3-5-10(8-9)17-14(19)13-15(20)18-11-6-1-2-7-12(11)21-13/h1-8,13H,(H,17,19)(H,18,20)/t13-/m1/s1. The van der Waals surface area contributed by atoms with E-state index in [-0.39, 0.29) is 0 Å². The third-order valence-corrected chi connectivity index (χ3v) is 3.19. The molecule has 3 rings (SSSR count). The zero-order chi connectivity index (χ0) is 14.8. The molecule has 1 aliphatic heterocycles. The Bertz CT molecular complexity index is 718. The van der Waals surface area contributed by atoms with E-state index in [2.05, 4.69) is 10.6 Å². The molecule has 5 nitrogen and oxygen atoms in total. The smallest absolute Gasteiger partial charge is 0.275 e. The molecule has 2 N–H and O–H groups in total. The van der Waals surface area contributed by atoms with Crippen LogP contribution in [0.5, 0.6) is 5.75 Å². The minimum Gasteiger partial charge on any atom is -0.468 e. The molecule has 0 spiro atoms. The molecule has 6 heteroatoms. The van der Waals surface area contributed by atoms with Crippen molar-refractivity contribution in [1.82, 2.24) is 0 Å². The summed E-state index contributed by atoms with van der Waals surface area (Å²) in [5.41, 5.74) is 1.05. The normalized spacial score (nSPS) is 16.4. The molecular weight excluding hydrogens is 292 g/mol. The van der Waals surface area contributed by atoms with Gasteiger partial charge in [0.2, 0.25) is 0 Å². The molecule has 1 atom stereocenters. The van der Waals surface area contributed by atoms with Crippen molar-refractivity contribution in [3.63, 3.8) is 0 Å². The number of benzene rings is 2. The lowest BCUT2D eigenvalue weighted by Gasteiger charge is -2.24. The molecule has 21 heavy (non-hydrogen) atoms. The minimum atomic E-state index is -1.24. The predicted molar refractivity (Wildman–Crippen MR) is 79.6 cm³/mol. The average Bonchev–Trinajstić information content (AvgIpc) is 2.46. The first-order chi connectivity index (χ1) is 10.1. The van der Waals surface area contributed by atoms with Crippen LogP contribution < -0.4 is 15.4 Å². The van der Waals surface area contributed by atoms with E-state index in [1.807, 2.05) is 0 Å². The van der Waals surface area contributed by atoms with Gasteiger partial charge in [-0.2, -0.15) is 0 Å². The zero-order valence-corrected chi connectivity index (χ0v) is 11.6. The Kier molecular flexibility index (Phi) is 3.50. The number of hydrogen-bond acceptors (Lipinski definition) is 3. The van der Waals surface area contributed by atoms with Gasteiger partial charge in [0.25, 0.3) is 17.9 Å². The van der Waals surface area contributed by atoms with Gasteiger partial charge in [-0.1, -0.05) is 29.8 Å². The summed E-state index contributed by atoms with van der Waals surface area (Å²) in [4.78, 5) is 24.1. The van der Waals surface area contributed by atoms with Gasteiger partial charge in [0, 0.05) is 10.7 Å². The summed E-state index contributed by atoms with van der Waals surface area (Å²) in [6.45, 7) is 0. The second kappa shape index (κ2) is 5.46. The van der Waals surface area contributed by atoms with Crippen LogP contribution in [0.4, 0.5) is 11.4 Å². The highest BCUT2D eigenvalue weighted by molar-refractivity contribution is 6.31. The molecule has 2 aromatic rings. The van der Waals surface area contributed by atoms with E-state index >= 15 is 0 Å². The molecule has 0 saturated heterocycles. The van der Waals surface area contributed by atoms with E-state index in [4.69, 9.17) is 16.3 Å². The van der Waals surface area contributed by atoms with Crippen molar-refractivity contribution in [3.8, 4) is 5.75 Å². The van der Waals surface area contributed by atoms with Crippen LogP contribution in [0, 0.1) is 0 Å². The topological polar surface area (TPSA) is 67.4 Å². The second-order valence-corrected chi connectivity index (χ2v) is 4.92. The van der Waals surface area contributed by atoms with Gasteiger partial charge in [-0.05, 0) is 30.3 Å². The fraction of sp³-hybridized carbons (Fsp3) is 0.0667. The van der Waals surface area contributed by atoms with Gasteiger partial charge in [-0.15, -0.1) is 0 Å². The maximum absolute atomic E-state index is 12.2. The maximum Gasteiger partial charge on any atom is 0.275 e. The molecular formula is C15H11ClN2O3. The third-order valence-electron chi connectivity index (χ3n) is 2.96. The molecule has 0 aliphatic carbocycles. The fourth-order valence-corrected chi connectivity index (χ4v) is 2.19. The summed E-state index contributed by atoms with van der Waals surface area (Å²) in [5.74, 6) is -0.596. The van der Waals surface area contributed by atoms with Crippen molar-refractivity contribution in [2.24, 2.45) is 0 Å². The molecule has 0 unspecified atom stereocenters. The van der Waals surface area contributed by atoms with Crippen LogP contribution in [0.2, 0.25) is 5.02 Å². The van der Waals surface area contributed by atoms with E-state index in [0.29, 0.717) is 22.1 Å². The van der Waals surface area contributed by atoms with Crippen molar-refractivity contribution in [1.29, 1.82) is 0 Å². The third kappa shape index (κ3) is 2.83. The summed E-state index contributed by atoms with van der Waals surface area (Å²) in [7, 11) is 0. The molecule has 0 saturated carbocycles. The molecule has 0 fully saturated rings. The summed E-state index contributed by atoms with van der Waals surface area (Å²) in [6, 6.07) is 13.6. The lowest BCUT2D eigenvalue weighted by Crippen LogP contribution is -2.45. The molecule has 2 aromatic carbocycles. The first-order valence-electron chi connectivity index (χ1n) is 6.26. The van der Waals surface area contributed by atoms with E-state index in [1.54, 1.807) is 48.5 Å². The summed E-state index contributed by atoms with van der Waals surface area (Å²) >= 11 is 5.85. The van der Waals surface area contributed by atoms with E-state index in [0.717, 1.165) is 0 Å².